The summed E-state index contributed by atoms with van der Waals surface area (Å²) in [4.78, 5) is 6.82. The van der Waals surface area contributed by atoms with Crippen LogP contribution in [0.2, 0.25) is 0 Å². The third kappa shape index (κ3) is 1.77. The van der Waals surface area contributed by atoms with Crippen LogP contribution in [0.3, 0.4) is 0 Å². The Morgan fingerprint density at radius 2 is 1.89 bits per heavy atom. The lowest BCUT2D eigenvalue weighted by Crippen LogP contribution is -1.95. The smallest absolute Gasteiger partial charge is 0.196 e. The second kappa shape index (κ2) is 4.28. The molecule has 0 atom stereocenters. The summed E-state index contributed by atoms with van der Waals surface area (Å²) in [5.41, 5.74) is 9.23. The molecule has 1 aromatic carbocycles. The lowest BCUT2D eigenvalue weighted by Gasteiger charge is -2.02. The number of fused-ring (bicyclic) bond motifs is 1. The van der Waals surface area contributed by atoms with E-state index < -0.39 is 0 Å². The van der Waals surface area contributed by atoms with Crippen molar-refractivity contribution in [3.63, 3.8) is 0 Å². The van der Waals surface area contributed by atoms with Gasteiger partial charge in [-0.1, -0.05) is 0 Å². The highest BCUT2D eigenvalue weighted by molar-refractivity contribution is 7.17. The molecule has 0 aliphatic heterocycles. The van der Waals surface area contributed by atoms with Crippen LogP contribution in [-0.2, 0) is 0 Å². The van der Waals surface area contributed by atoms with E-state index >= 15 is 0 Å². The Bertz CT molecular complexity index is 740. The van der Waals surface area contributed by atoms with Gasteiger partial charge in [0.15, 0.2) is 4.96 Å². The number of hydrogen-bond donors (Lipinski definition) is 1. The minimum absolute atomic E-state index is 0.696. The summed E-state index contributed by atoms with van der Waals surface area (Å²) in [6, 6.07) is 7.79. The summed E-state index contributed by atoms with van der Waals surface area (Å²) in [6.45, 7) is 4.15. The number of thiazole rings is 1. The largest absolute Gasteiger partial charge is 0.497 e. The number of anilines is 1. The number of ether oxygens (including phenoxy) is 1. The van der Waals surface area contributed by atoms with Gasteiger partial charge in [0.05, 0.1) is 7.11 Å². The molecule has 19 heavy (non-hydrogen) atoms. The molecule has 2 N–H and O–H groups in total. The lowest BCUT2D eigenvalue weighted by atomic mass is 10.1. The molecule has 0 saturated carbocycles. The Morgan fingerprint density at radius 3 is 2.47 bits per heavy atom. The number of benzene rings is 1. The van der Waals surface area contributed by atoms with Crippen molar-refractivity contribution in [2.24, 2.45) is 0 Å². The molecule has 5 heteroatoms. The van der Waals surface area contributed by atoms with E-state index in [0.717, 1.165) is 27.7 Å². The molecule has 0 unspecified atom stereocenters. The van der Waals surface area contributed by atoms with E-state index in [0.29, 0.717) is 5.82 Å². The van der Waals surface area contributed by atoms with Crippen molar-refractivity contribution >= 4 is 22.1 Å². The molecule has 2 heterocycles. The number of methoxy groups -OCH3 is 1. The zero-order valence-electron chi connectivity index (χ0n) is 11.1. The van der Waals surface area contributed by atoms with Gasteiger partial charge in [-0.25, -0.2) is 4.98 Å². The van der Waals surface area contributed by atoms with Crippen molar-refractivity contribution in [3.05, 3.63) is 34.8 Å². The topological polar surface area (TPSA) is 52.5 Å². The van der Waals surface area contributed by atoms with Crippen LogP contribution in [0.4, 0.5) is 5.82 Å². The first-order chi connectivity index (χ1) is 9.11. The van der Waals surface area contributed by atoms with Crippen LogP contribution in [0.1, 0.15) is 10.6 Å². The molecule has 0 radical (unpaired) electrons. The molecular weight excluding hydrogens is 258 g/mol. The first-order valence-corrected chi connectivity index (χ1v) is 6.82. The van der Waals surface area contributed by atoms with Gasteiger partial charge >= 0.3 is 0 Å². The normalized spacial score (nSPS) is 11.1. The fraction of sp³-hybridized carbons (Fsp3) is 0.214. The maximum absolute atomic E-state index is 6.23. The quantitative estimate of drug-likeness (QED) is 0.779. The van der Waals surface area contributed by atoms with Crippen molar-refractivity contribution in [2.45, 2.75) is 13.8 Å². The molecule has 0 bridgehead atoms. The predicted octanol–water partition coefficient (Wildman–Crippen LogP) is 3.27. The minimum Gasteiger partial charge on any atom is -0.497 e. The van der Waals surface area contributed by atoms with Crippen molar-refractivity contribution in [2.75, 3.05) is 12.8 Å². The highest BCUT2D eigenvalue weighted by Crippen LogP contribution is 2.32. The molecule has 0 aliphatic rings. The SMILES string of the molecule is COc1ccc(-c2nc3sc(C)c(C)n3c2N)cc1. The fourth-order valence-corrected chi connectivity index (χ4v) is 3.11. The summed E-state index contributed by atoms with van der Waals surface area (Å²) < 4.78 is 7.17. The van der Waals surface area contributed by atoms with E-state index in [4.69, 9.17) is 10.5 Å². The zero-order chi connectivity index (χ0) is 13.6. The number of hydrogen-bond acceptors (Lipinski definition) is 4. The maximum Gasteiger partial charge on any atom is 0.196 e. The average Bonchev–Trinajstić information content (AvgIpc) is 2.88. The second-order valence-electron chi connectivity index (χ2n) is 4.44. The van der Waals surface area contributed by atoms with Gasteiger partial charge in [-0.05, 0) is 38.1 Å². The van der Waals surface area contributed by atoms with Gasteiger partial charge in [-0.15, -0.1) is 11.3 Å². The van der Waals surface area contributed by atoms with Gasteiger partial charge in [0.25, 0.3) is 0 Å². The van der Waals surface area contributed by atoms with Gasteiger partial charge in [0.1, 0.15) is 17.3 Å². The van der Waals surface area contributed by atoms with E-state index in [1.54, 1.807) is 18.4 Å². The van der Waals surface area contributed by atoms with Crippen molar-refractivity contribution in [3.8, 4) is 17.0 Å². The molecule has 0 spiro atoms. The van der Waals surface area contributed by atoms with Crippen LogP contribution in [0, 0.1) is 13.8 Å². The van der Waals surface area contributed by atoms with E-state index in [1.165, 1.54) is 4.88 Å². The predicted molar refractivity (Wildman–Crippen MR) is 78.9 cm³/mol. The van der Waals surface area contributed by atoms with Crippen molar-refractivity contribution < 1.29 is 4.74 Å². The first-order valence-electron chi connectivity index (χ1n) is 6.00. The highest BCUT2D eigenvalue weighted by Gasteiger charge is 2.15. The average molecular weight is 273 g/mol. The first kappa shape index (κ1) is 12.0. The molecule has 98 valence electrons. The number of nitrogens with zero attached hydrogens (tertiary/aromatic N) is 2. The van der Waals surface area contributed by atoms with E-state index in [1.807, 2.05) is 28.7 Å². The van der Waals surface area contributed by atoms with Gasteiger partial charge in [-0.2, -0.15) is 0 Å². The molecular formula is C14H15N3OS. The van der Waals surface area contributed by atoms with E-state index in [2.05, 4.69) is 18.8 Å². The highest BCUT2D eigenvalue weighted by atomic mass is 32.1. The van der Waals surface area contributed by atoms with Gasteiger partial charge in [0, 0.05) is 16.1 Å². The summed E-state index contributed by atoms with van der Waals surface area (Å²) >= 11 is 1.66. The Kier molecular flexibility index (Phi) is 2.71. The number of rotatable bonds is 2. The Morgan fingerprint density at radius 1 is 1.21 bits per heavy atom. The summed E-state index contributed by atoms with van der Waals surface area (Å²) in [7, 11) is 1.65. The van der Waals surface area contributed by atoms with Gasteiger partial charge in [0.2, 0.25) is 0 Å². The monoisotopic (exact) mass is 273 g/mol. The van der Waals surface area contributed by atoms with Crippen LogP contribution in [0.25, 0.3) is 16.2 Å². The van der Waals surface area contributed by atoms with Crippen LogP contribution in [-0.4, -0.2) is 16.5 Å². The number of imidazole rings is 1. The molecule has 0 amide bonds. The molecule has 0 fully saturated rings. The fourth-order valence-electron chi connectivity index (χ4n) is 2.13. The molecule has 0 saturated heterocycles. The van der Waals surface area contributed by atoms with Crippen molar-refractivity contribution in [1.29, 1.82) is 0 Å². The lowest BCUT2D eigenvalue weighted by molar-refractivity contribution is 0.415. The summed E-state index contributed by atoms with van der Waals surface area (Å²) in [6.07, 6.45) is 0. The zero-order valence-corrected chi connectivity index (χ0v) is 11.9. The van der Waals surface area contributed by atoms with E-state index in [-0.39, 0.29) is 0 Å². The molecule has 3 aromatic rings. The standard InChI is InChI=1S/C14H15N3OS/c1-8-9(2)19-14-16-12(13(15)17(8)14)10-4-6-11(18-3)7-5-10/h4-7H,15H2,1-3H3. The Labute approximate surface area is 115 Å². The third-order valence-electron chi connectivity index (χ3n) is 3.34. The van der Waals surface area contributed by atoms with Crippen LogP contribution < -0.4 is 10.5 Å². The van der Waals surface area contributed by atoms with Gasteiger partial charge < -0.3 is 10.5 Å². The number of aryl methyl sites for hydroxylation is 2. The second-order valence-corrected chi connectivity index (χ2v) is 5.62. The van der Waals surface area contributed by atoms with Crippen LogP contribution in [0.5, 0.6) is 5.75 Å². The molecule has 2 aromatic heterocycles. The van der Waals surface area contributed by atoms with Gasteiger partial charge in [-0.3, -0.25) is 4.40 Å². The third-order valence-corrected chi connectivity index (χ3v) is 4.39. The number of nitrogens with two attached hydrogens (primary N) is 1. The molecule has 3 rings (SSSR count). The number of nitrogen functional groups attached to an aromatic ring is 1. The maximum atomic E-state index is 6.23. The summed E-state index contributed by atoms with van der Waals surface area (Å²) in [5, 5.41) is 0. The van der Waals surface area contributed by atoms with Crippen LogP contribution >= 0.6 is 11.3 Å². The molecule has 0 aliphatic carbocycles. The van der Waals surface area contributed by atoms with E-state index in [9.17, 15) is 0 Å². The van der Waals surface area contributed by atoms with Crippen molar-refractivity contribution in [1.82, 2.24) is 9.38 Å². The Hall–Kier alpha value is -2.01. The number of aromatic nitrogens is 2. The summed E-state index contributed by atoms with van der Waals surface area (Å²) in [5.74, 6) is 1.53. The minimum atomic E-state index is 0.696. The van der Waals surface area contributed by atoms with Crippen LogP contribution in [0.15, 0.2) is 24.3 Å². The Balaban J connectivity index is 2.16. The molecule has 4 nitrogen and oxygen atoms in total.